The third kappa shape index (κ3) is 2.46. The number of ether oxygens (including phenoxy) is 2. The van der Waals surface area contributed by atoms with Crippen molar-refractivity contribution in [1.29, 1.82) is 0 Å². The van der Waals surface area contributed by atoms with Gasteiger partial charge in [-0.05, 0) is 24.6 Å². The van der Waals surface area contributed by atoms with Crippen molar-refractivity contribution in [1.82, 2.24) is 5.48 Å². The van der Waals surface area contributed by atoms with Gasteiger partial charge in [0.1, 0.15) is 0 Å². The van der Waals surface area contributed by atoms with Crippen molar-refractivity contribution in [2.45, 2.75) is 19.4 Å². The Balaban J connectivity index is 2.20. The van der Waals surface area contributed by atoms with E-state index >= 15 is 0 Å². The van der Waals surface area contributed by atoms with Gasteiger partial charge in [-0.1, -0.05) is 6.07 Å². The lowest BCUT2D eigenvalue weighted by molar-refractivity contribution is 0.0658. The molecule has 0 saturated heterocycles. The summed E-state index contributed by atoms with van der Waals surface area (Å²) in [5.41, 5.74) is 4.00. The zero-order valence-corrected chi connectivity index (χ0v) is 9.66. The van der Waals surface area contributed by atoms with Gasteiger partial charge in [0, 0.05) is 6.42 Å². The molecule has 1 unspecified atom stereocenters. The summed E-state index contributed by atoms with van der Waals surface area (Å²) in [4.78, 5) is 4.90. The molecule has 1 heterocycles. The summed E-state index contributed by atoms with van der Waals surface area (Å²) in [5.74, 6) is 1.64. The van der Waals surface area contributed by atoms with Gasteiger partial charge in [-0.3, -0.25) is 0 Å². The molecular formula is C12H17NO3. The largest absolute Gasteiger partial charge is 0.490 e. The van der Waals surface area contributed by atoms with Crippen LogP contribution in [0.5, 0.6) is 11.5 Å². The van der Waals surface area contributed by atoms with Crippen molar-refractivity contribution in [3.63, 3.8) is 0 Å². The van der Waals surface area contributed by atoms with Crippen LogP contribution in [-0.2, 0) is 4.84 Å². The second-order valence-corrected chi connectivity index (χ2v) is 3.80. The van der Waals surface area contributed by atoms with E-state index in [1.807, 2.05) is 25.1 Å². The maximum absolute atomic E-state index is 5.62. The molecule has 4 nitrogen and oxygen atoms in total. The Morgan fingerprint density at radius 3 is 2.75 bits per heavy atom. The van der Waals surface area contributed by atoms with E-state index in [-0.39, 0.29) is 6.04 Å². The number of hydrogen-bond acceptors (Lipinski definition) is 4. The van der Waals surface area contributed by atoms with Gasteiger partial charge in [-0.2, -0.15) is 5.48 Å². The topological polar surface area (TPSA) is 39.7 Å². The van der Waals surface area contributed by atoms with Crippen LogP contribution in [0.4, 0.5) is 0 Å². The lowest BCUT2D eigenvalue weighted by Gasteiger charge is -2.14. The standard InChI is InChI=1S/C12H17NO3/c1-9(13-14-2)10-4-5-11-12(8-10)16-7-3-6-15-11/h4-5,8-9,13H,3,6-7H2,1-2H3. The average molecular weight is 223 g/mol. The quantitative estimate of drug-likeness (QED) is 0.796. The van der Waals surface area contributed by atoms with E-state index in [0.717, 1.165) is 30.1 Å². The Morgan fingerprint density at radius 2 is 2.00 bits per heavy atom. The van der Waals surface area contributed by atoms with E-state index in [1.54, 1.807) is 7.11 Å². The summed E-state index contributed by atoms with van der Waals surface area (Å²) in [6.07, 6.45) is 0.926. The number of benzene rings is 1. The molecule has 0 saturated carbocycles. The number of hydroxylamine groups is 1. The van der Waals surface area contributed by atoms with Crippen molar-refractivity contribution in [2.24, 2.45) is 0 Å². The molecule has 88 valence electrons. The van der Waals surface area contributed by atoms with Crippen LogP contribution >= 0.6 is 0 Å². The molecule has 4 heteroatoms. The van der Waals surface area contributed by atoms with Crippen molar-refractivity contribution in [3.8, 4) is 11.5 Å². The fraction of sp³-hybridized carbons (Fsp3) is 0.500. The highest BCUT2D eigenvalue weighted by Gasteiger charge is 2.13. The van der Waals surface area contributed by atoms with Gasteiger partial charge in [0.2, 0.25) is 0 Å². The van der Waals surface area contributed by atoms with E-state index in [9.17, 15) is 0 Å². The average Bonchev–Trinajstić information content (AvgIpc) is 2.53. The molecule has 1 N–H and O–H groups in total. The lowest BCUT2D eigenvalue weighted by Crippen LogP contribution is -2.16. The first kappa shape index (κ1) is 11.2. The molecule has 0 radical (unpaired) electrons. The SMILES string of the molecule is CONC(C)c1ccc2c(c1)OCCCO2. The first-order valence-corrected chi connectivity index (χ1v) is 5.49. The Labute approximate surface area is 95.5 Å². The molecule has 1 aliphatic heterocycles. The summed E-state index contributed by atoms with van der Waals surface area (Å²) < 4.78 is 11.2. The van der Waals surface area contributed by atoms with Crippen molar-refractivity contribution < 1.29 is 14.3 Å². The van der Waals surface area contributed by atoms with Crippen LogP contribution in [0.2, 0.25) is 0 Å². The normalized spacial score (nSPS) is 16.6. The van der Waals surface area contributed by atoms with Crippen LogP contribution in [0, 0.1) is 0 Å². The Bertz CT molecular complexity index is 354. The van der Waals surface area contributed by atoms with Crippen LogP contribution < -0.4 is 15.0 Å². The molecule has 0 fully saturated rings. The minimum atomic E-state index is 0.127. The van der Waals surface area contributed by atoms with E-state index in [2.05, 4.69) is 5.48 Å². The van der Waals surface area contributed by atoms with Gasteiger partial charge in [0.05, 0.1) is 26.4 Å². The summed E-state index contributed by atoms with van der Waals surface area (Å²) in [6, 6.07) is 6.09. The van der Waals surface area contributed by atoms with Gasteiger partial charge in [0.25, 0.3) is 0 Å². The van der Waals surface area contributed by atoms with Crippen LogP contribution in [0.25, 0.3) is 0 Å². The summed E-state index contributed by atoms with van der Waals surface area (Å²) in [5, 5.41) is 0. The molecular weight excluding hydrogens is 206 g/mol. The van der Waals surface area contributed by atoms with Crippen LogP contribution in [-0.4, -0.2) is 20.3 Å². The monoisotopic (exact) mass is 223 g/mol. The highest BCUT2D eigenvalue weighted by molar-refractivity contribution is 5.44. The fourth-order valence-corrected chi connectivity index (χ4v) is 1.69. The molecule has 1 aromatic rings. The first-order valence-electron chi connectivity index (χ1n) is 5.49. The number of fused-ring (bicyclic) bond motifs is 1. The lowest BCUT2D eigenvalue weighted by atomic mass is 10.1. The van der Waals surface area contributed by atoms with Crippen molar-refractivity contribution >= 4 is 0 Å². The number of rotatable bonds is 3. The van der Waals surface area contributed by atoms with Gasteiger partial charge < -0.3 is 14.3 Å². The van der Waals surface area contributed by atoms with Gasteiger partial charge in [0.15, 0.2) is 11.5 Å². The van der Waals surface area contributed by atoms with Crippen molar-refractivity contribution in [2.75, 3.05) is 20.3 Å². The highest BCUT2D eigenvalue weighted by atomic mass is 16.6. The maximum Gasteiger partial charge on any atom is 0.161 e. The predicted molar refractivity (Wildman–Crippen MR) is 60.6 cm³/mol. The van der Waals surface area contributed by atoms with E-state index < -0.39 is 0 Å². The first-order chi connectivity index (χ1) is 7.81. The molecule has 0 spiro atoms. The third-order valence-corrected chi connectivity index (χ3v) is 2.57. The van der Waals surface area contributed by atoms with Gasteiger partial charge in [-0.15, -0.1) is 0 Å². The molecule has 0 amide bonds. The molecule has 0 aromatic heterocycles. The summed E-state index contributed by atoms with van der Waals surface area (Å²) >= 11 is 0. The van der Waals surface area contributed by atoms with Crippen molar-refractivity contribution in [3.05, 3.63) is 23.8 Å². The smallest absolute Gasteiger partial charge is 0.161 e. The molecule has 1 aromatic carbocycles. The molecule has 1 atom stereocenters. The molecule has 1 aliphatic rings. The Hall–Kier alpha value is -1.26. The second-order valence-electron chi connectivity index (χ2n) is 3.80. The van der Waals surface area contributed by atoms with Crippen LogP contribution in [0.3, 0.4) is 0 Å². The molecule has 16 heavy (non-hydrogen) atoms. The Kier molecular flexibility index (Phi) is 3.64. The molecule has 2 rings (SSSR count). The minimum Gasteiger partial charge on any atom is -0.490 e. The van der Waals surface area contributed by atoms with E-state index in [4.69, 9.17) is 14.3 Å². The van der Waals surface area contributed by atoms with E-state index in [0.29, 0.717) is 6.61 Å². The van der Waals surface area contributed by atoms with Gasteiger partial charge >= 0.3 is 0 Å². The third-order valence-electron chi connectivity index (χ3n) is 2.57. The zero-order chi connectivity index (χ0) is 11.4. The Morgan fingerprint density at radius 1 is 1.25 bits per heavy atom. The maximum atomic E-state index is 5.62. The molecule has 0 aliphatic carbocycles. The fourth-order valence-electron chi connectivity index (χ4n) is 1.69. The highest BCUT2D eigenvalue weighted by Crippen LogP contribution is 2.32. The van der Waals surface area contributed by atoms with Gasteiger partial charge in [-0.25, -0.2) is 0 Å². The zero-order valence-electron chi connectivity index (χ0n) is 9.66. The number of hydrogen-bond donors (Lipinski definition) is 1. The van der Waals surface area contributed by atoms with Crippen LogP contribution in [0.15, 0.2) is 18.2 Å². The second kappa shape index (κ2) is 5.18. The minimum absolute atomic E-state index is 0.127. The molecule has 0 bridgehead atoms. The summed E-state index contributed by atoms with van der Waals surface area (Å²) in [7, 11) is 1.61. The van der Waals surface area contributed by atoms with E-state index in [1.165, 1.54) is 0 Å². The van der Waals surface area contributed by atoms with Crippen LogP contribution in [0.1, 0.15) is 24.9 Å². The predicted octanol–water partition coefficient (Wildman–Crippen LogP) is 2.06. The number of nitrogens with one attached hydrogen (secondary N) is 1. The summed E-state index contributed by atoms with van der Waals surface area (Å²) in [6.45, 7) is 3.46.